The smallest absolute Gasteiger partial charge is 0.254 e. The Hall–Kier alpha value is -1.35. The third kappa shape index (κ3) is 6.30. The van der Waals surface area contributed by atoms with Crippen molar-refractivity contribution in [2.24, 2.45) is 5.92 Å². The van der Waals surface area contributed by atoms with Gasteiger partial charge in [0.1, 0.15) is 0 Å². The highest BCUT2D eigenvalue weighted by Crippen LogP contribution is 2.16. The molecule has 2 rings (SSSR count). The number of rotatable bonds is 2. The van der Waals surface area contributed by atoms with E-state index in [9.17, 15) is 4.79 Å². The molecule has 0 radical (unpaired) electrons. The minimum atomic E-state index is 0.114. The van der Waals surface area contributed by atoms with Crippen molar-refractivity contribution in [3.8, 4) is 0 Å². The fraction of sp³-hybridized carbons (Fsp3) is 0.611. The predicted octanol–water partition coefficient (Wildman–Crippen LogP) is 3.94. The number of carbonyl (C=O) groups excluding carboxylic acids is 1. The number of carbonyl (C=O) groups is 1. The summed E-state index contributed by atoms with van der Waals surface area (Å²) in [5, 5.41) is 0. The van der Waals surface area contributed by atoms with E-state index in [1.807, 2.05) is 29.2 Å². The summed E-state index contributed by atoms with van der Waals surface area (Å²) in [5.74, 6) is 1.45. The molecule has 3 heteroatoms. The SMILES string of the molecule is CC(C)C.CC(C)c1ccc(C(=O)N2CCOCC2)cc1. The summed E-state index contributed by atoms with van der Waals surface area (Å²) in [6.07, 6.45) is 0. The first-order chi connectivity index (χ1) is 9.91. The Bertz CT molecular complexity index is 415. The van der Waals surface area contributed by atoms with Crippen LogP contribution in [0, 0.1) is 5.92 Å². The summed E-state index contributed by atoms with van der Waals surface area (Å²) < 4.78 is 5.24. The first-order valence-electron chi connectivity index (χ1n) is 7.88. The molecule has 3 nitrogen and oxygen atoms in total. The van der Waals surface area contributed by atoms with Gasteiger partial charge in [-0.3, -0.25) is 4.79 Å². The molecule has 1 aliphatic heterocycles. The van der Waals surface area contributed by atoms with Gasteiger partial charge in [0, 0.05) is 18.7 Å². The van der Waals surface area contributed by atoms with E-state index in [0.29, 0.717) is 32.2 Å². The van der Waals surface area contributed by atoms with Crippen molar-refractivity contribution >= 4 is 5.91 Å². The predicted molar refractivity (Wildman–Crippen MR) is 87.8 cm³/mol. The molecule has 0 spiro atoms. The zero-order valence-electron chi connectivity index (χ0n) is 14.1. The fourth-order valence-electron chi connectivity index (χ4n) is 1.96. The Balaban J connectivity index is 0.000000491. The maximum Gasteiger partial charge on any atom is 0.254 e. The molecule has 0 N–H and O–H groups in total. The van der Waals surface area contributed by atoms with Crippen LogP contribution >= 0.6 is 0 Å². The number of hydrogen-bond acceptors (Lipinski definition) is 2. The van der Waals surface area contributed by atoms with Gasteiger partial charge in [-0.15, -0.1) is 0 Å². The standard InChI is InChI=1S/C14H19NO2.C4H10/c1-11(2)12-3-5-13(6-4-12)14(16)15-7-9-17-10-8-15;1-4(2)3/h3-6,11H,7-10H2,1-2H3;4H,1-3H3. The molecule has 1 aromatic rings. The number of amides is 1. The lowest BCUT2D eigenvalue weighted by atomic mass is 10.0. The van der Waals surface area contributed by atoms with E-state index in [2.05, 4.69) is 34.6 Å². The van der Waals surface area contributed by atoms with Gasteiger partial charge in [0.05, 0.1) is 13.2 Å². The monoisotopic (exact) mass is 291 g/mol. The molecule has 1 aromatic carbocycles. The zero-order valence-corrected chi connectivity index (χ0v) is 14.1. The third-order valence-corrected chi connectivity index (χ3v) is 3.12. The zero-order chi connectivity index (χ0) is 15.8. The lowest BCUT2D eigenvalue weighted by Gasteiger charge is -2.26. The maximum atomic E-state index is 12.2. The van der Waals surface area contributed by atoms with Crippen molar-refractivity contribution in [1.29, 1.82) is 0 Å². The van der Waals surface area contributed by atoms with Gasteiger partial charge in [-0.1, -0.05) is 46.8 Å². The second-order valence-corrected chi connectivity index (χ2v) is 6.41. The second kappa shape index (κ2) is 8.83. The van der Waals surface area contributed by atoms with E-state index in [4.69, 9.17) is 4.74 Å². The van der Waals surface area contributed by atoms with Gasteiger partial charge in [0.2, 0.25) is 0 Å². The molecule has 1 fully saturated rings. The molecular formula is C18H29NO2. The number of nitrogens with zero attached hydrogens (tertiary/aromatic N) is 1. The summed E-state index contributed by atoms with van der Waals surface area (Å²) in [7, 11) is 0. The van der Waals surface area contributed by atoms with E-state index in [0.717, 1.165) is 11.5 Å². The Morgan fingerprint density at radius 1 is 1.00 bits per heavy atom. The molecule has 0 bridgehead atoms. The van der Waals surface area contributed by atoms with Crippen molar-refractivity contribution in [2.45, 2.75) is 40.5 Å². The van der Waals surface area contributed by atoms with E-state index in [1.54, 1.807) is 0 Å². The van der Waals surface area contributed by atoms with E-state index in [-0.39, 0.29) is 5.91 Å². The van der Waals surface area contributed by atoms with Gasteiger partial charge < -0.3 is 9.64 Å². The van der Waals surface area contributed by atoms with Crippen LogP contribution in [0.1, 0.15) is 56.5 Å². The van der Waals surface area contributed by atoms with E-state index < -0.39 is 0 Å². The largest absolute Gasteiger partial charge is 0.378 e. The van der Waals surface area contributed by atoms with Crippen molar-refractivity contribution in [3.05, 3.63) is 35.4 Å². The van der Waals surface area contributed by atoms with Crippen LogP contribution in [0.4, 0.5) is 0 Å². The summed E-state index contributed by atoms with van der Waals surface area (Å²) in [5.41, 5.74) is 2.04. The van der Waals surface area contributed by atoms with Crippen LogP contribution < -0.4 is 0 Å². The van der Waals surface area contributed by atoms with Gasteiger partial charge >= 0.3 is 0 Å². The molecule has 21 heavy (non-hydrogen) atoms. The Kier molecular flexibility index (Phi) is 7.44. The fourth-order valence-corrected chi connectivity index (χ4v) is 1.96. The lowest BCUT2D eigenvalue weighted by molar-refractivity contribution is 0.0303. The topological polar surface area (TPSA) is 29.5 Å². The molecule has 1 aliphatic rings. The molecule has 0 aliphatic carbocycles. The maximum absolute atomic E-state index is 12.2. The molecule has 1 heterocycles. The number of ether oxygens (including phenoxy) is 1. The van der Waals surface area contributed by atoms with Gasteiger partial charge in [-0.05, 0) is 29.5 Å². The first kappa shape index (κ1) is 17.7. The average molecular weight is 291 g/mol. The van der Waals surface area contributed by atoms with Crippen LogP contribution in [0.25, 0.3) is 0 Å². The van der Waals surface area contributed by atoms with Crippen LogP contribution in [0.2, 0.25) is 0 Å². The Morgan fingerprint density at radius 3 is 1.90 bits per heavy atom. The number of morpholine rings is 1. The van der Waals surface area contributed by atoms with Crippen molar-refractivity contribution in [1.82, 2.24) is 4.90 Å². The molecule has 1 saturated heterocycles. The normalized spacial score (nSPS) is 14.9. The van der Waals surface area contributed by atoms with Crippen LogP contribution in [0.5, 0.6) is 0 Å². The van der Waals surface area contributed by atoms with Crippen LogP contribution in [-0.4, -0.2) is 37.1 Å². The van der Waals surface area contributed by atoms with Crippen LogP contribution in [0.3, 0.4) is 0 Å². The molecule has 1 amide bonds. The minimum Gasteiger partial charge on any atom is -0.378 e. The van der Waals surface area contributed by atoms with Crippen LogP contribution in [0.15, 0.2) is 24.3 Å². The average Bonchev–Trinajstić information content (AvgIpc) is 2.47. The summed E-state index contributed by atoms with van der Waals surface area (Å²) in [6.45, 7) is 13.5. The highest BCUT2D eigenvalue weighted by atomic mass is 16.5. The highest BCUT2D eigenvalue weighted by Gasteiger charge is 2.18. The first-order valence-corrected chi connectivity index (χ1v) is 7.88. The van der Waals surface area contributed by atoms with E-state index in [1.165, 1.54) is 5.56 Å². The van der Waals surface area contributed by atoms with E-state index >= 15 is 0 Å². The number of benzene rings is 1. The third-order valence-electron chi connectivity index (χ3n) is 3.12. The minimum absolute atomic E-state index is 0.114. The molecule has 0 unspecified atom stereocenters. The van der Waals surface area contributed by atoms with Crippen molar-refractivity contribution < 1.29 is 9.53 Å². The van der Waals surface area contributed by atoms with Gasteiger partial charge in [-0.2, -0.15) is 0 Å². The molecule has 0 aromatic heterocycles. The second-order valence-electron chi connectivity index (χ2n) is 6.41. The highest BCUT2D eigenvalue weighted by molar-refractivity contribution is 5.94. The molecular weight excluding hydrogens is 262 g/mol. The van der Waals surface area contributed by atoms with Crippen molar-refractivity contribution in [2.75, 3.05) is 26.3 Å². The van der Waals surface area contributed by atoms with Crippen LogP contribution in [-0.2, 0) is 4.74 Å². The van der Waals surface area contributed by atoms with Crippen molar-refractivity contribution in [3.63, 3.8) is 0 Å². The van der Waals surface area contributed by atoms with Gasteiger partial charge in [0.25, 0.3) is 5.91 Å². The lowest BCUT2D eigenvalue weighted by Crippen LogP contribution is -2.40. The quantitative estimate of drug-likeness (QED) is 0.826. The van der Waals surface area contributed by atoms with Gasteiger partial charge in [0.15, 0.2) is 0 Å². The molecule has 0 saturated carbocycles. The summed E-state index contributed by atoms with van der Waals surface area (Å²) >= 11 is 0. The Morgan fingerprint density at radius 2 is 1.48 bits per heavy atom. The molecule has 118 valence electrons. The van der Waals surface area contributed by atoms with Gasteiger partial charge in [-0.25, -0.2) is 0 Å². The summed E-state index contributed by atoms with van der Waals surface area (Å²) in [6, 6.07) is 7.93. The summed E-state index contributed by atoms with van der Waals surface area (Å²) in [4.78, 5) is 14.0. The Labute approximate surface area is 129 Å². The number of hydrogen-bond donors (Lipinski definition) is 0. The molecule has 0 atom stereocenters.